The first kappa shape index (κ1) is 22.3. The van der Waals surface area contributed by atoms with Crippen LogP contribution in [0, 0.1) is 11.3 Å². The average Bonchev–Trinajstić information content (AvgIpc) is 2.78. The van der Waals surface area contributed by atoms with E-state index < -0.39 is 17.7 Å². The Morgan fingerprint density at radius 2 is 1.97 bits per heavy atom. The van der Waals surface area contributed by atoms with Crippen LogP contribution in [0.15, 0.2) is 65.1 Å². The third kappa shape index (κ3) is 3.78. The Bertz CT molecular complexity index is 1240. The van der Waals surface area contributed by atoms with E-state index in [0.717, 1.165) is 12.1 Å². The smallest absolute Gasteiger partial charge is 0.416 e. The number of phenols is 1. The number of alkyl halides is 3. The summed E-state index contributed by atoms with van der Waals surface area (Å²) in [5, 5.41) is 20.0. The number of hydrogen-bond acceptors (Lipinski definition) is 6. The van der Waals surface area contributed by atoms with E-state index in [0.29, 0.717) is 29.7 Å². The number of nitriles is 1. The van der Waals surface area contributed by atoms with E-state index in [9.17, 15) is 28.3 Å². The van der Waals surface area contributed by atoms with Crippen LogP contribution in [0.5, 0.6) is 11.5 Å². The third-order valence-electron chi connectivity index (χ3n) is 5.88. The van der Waals surface area contributed by atoms with Gasteiger partial charge in [-0.25, -0.2) is 0 Å². The van der Waals surface area contributed by atoms with Crippen molar-refractivity contribution in [1.29, 1.82) is 5.26 Å². The maximum absolute atomic E-state index is 13.3. The molecule has 0 aromatic heterocycles. The van der Waals surface area contributed by atoms with Crippen LogP contribution in [0.1, 0.15) is 36.3 Å². The van der Waals surface area contributed by atoms with E-state index in [2.05, 4.69) is 6.07 Å². The first-order valence-corrected chi connectivity index (χ1v) is 10.2. The average molecular weight is 455 g/mol. The number of rotatable bonds is 3. The largest absolute Gasteiger partial charge is 0.504 e. The Labute approximate surface area is 188 Å². The van der Waals surface area contributed by atoms with Gasteiger partial charge in [0.1, 0.15) is 5.82 Å². The first-order chi connectivity index (χ1) is 15.7. The van der Waals surface area contributed by atoms with E-state index >= 15 is 0 Å². The summed E-state index contributed by atoms with van der Waals surface area (Å²) in [6.45, 7) is 0. The summed E-state index contributed by atoms with van der Waals surface area (Å²) in [4.78, 5) is 14.5. The Morgan fingerprint density at radius 1 is 1.21 bits per heavy atom. The summed E-state index contributed by atoms with van der Waals surface area (Å²) in [5.74, 6) is -1.02. The zero-order chi connectivity index (χ0) is 23.9. The topological polar surface area (TPSA) is 99.6 Å². The Balaban J connectivity index is 1.95. The molecule has 2 aromatic carbocycles. The molecule has 170 valence electrons. The highest BCUT2D eigenvalue weighted by atomic mass is 19.4. The van der Waals surface area contributed by atoms with Crippen LogP contribution in [0.4, 0.5) is 18.9 Å². The van der Waals surface area contributed by atoms with Gasteiger partial charge in [-0.15, -0.1) is 0 Å². The quantitative estimate of drug-likeness (QED) is 0.695. The molecule has 1 heterocycles. The molecule has 0 saturated carbocycles. The number of halogens is 3. The van der Waals surface area contributed by atoms with Gasteiger partial charge in [0.15, 0.2) is 17.3 Å². The molecule has 0 amide bonds. The number of nitrogens with zero attached hydrogens (tertiary/aromatic N) is 2. The molecule has 9 heteroatoms. The monoisotopic (exact) mass is 455 g/mol. The standard InChI is InChI=1S/C24H20F3N3O3/c1-33-20-10-13(8-9-18(20)31)21-16(12-28)23(29)30(17-6-3-7-19(32)22(17)21)15-5-2-4-14(11-15)24(25,26)27/h2,4-5,8-11,21,31H,3,6-7,29H2,1H3. The number of carbonyl (C=O) groups is 1. The molecule has 3 N–H and O–H groups in total. The number of allylic oxidation sites excluding steroid dienone is 3. The minimum atomic E-state index is -4.56. The minimum absolute atomic E-state index is 0.0363. The number of anilines is 1. The second-order valence-electron chi connectivity index (χ2n) is 7.80. The van der Waals surface area contributed by atoms with E-state index in [1.807, 2.05) is 0 Å². The van der Waals surface area contributed by atoms with Gasteiger partial charge in [0.2, 0.25) is 0 Å². The van der Waals surface area contributed by atoms with Crippen molar-refractivity contribution >= 4 is 11.5 Å². The van der Waals surface area contributed by atoms with Gasteiger partial charge >= 0.3 is 6.18 Å². The third-order valence-corrected chi connectivity index (χ3v) is 5.88. The number of Topliss-reactive ketones (excluding diaryl/α,β-unsaturated/α-hetero) is 1. The lowest BCUT2D eigenvalue weighted by atomic mass is 9.75. The van der Waals surface area contributed by atoms with Crippen molar-refractivity contribution in [3.05, 3.63) is 76.3 Å². The lowest BCUT2D eigenvalue weighted by Gasteiger charge is -2.39. The summed E-state index contributed by atoms with van der Waals surface area (Å²) in [5.41, 5.74) is 6.98. The Hall–Kier alpha value is -3.93. The highest BCUT2D eigenvalue weighted by Crippen LogP contribution is 2.47. The number of carbonyl (C=O) groups excluding carboxylic acids is 1. The lowest BCUT2D eigenvalue weighted by Crippen LogP contribution is -2.38. The van der Waals surface area contributed by atoms with Gasteiger partial charge in [-0.2, -0.15) is 18.4 Å². The molecule has 1 unspecified atom stereocenters. The number of nitrogens with two attached hydrogens (primary N) is 1. The molecule has 6 nitrogen and oxygen atoms in total. The van der Waals surface area contributed by atoms with Gasteiger partial charge in [-0.05, 0) is 48.7 Å². The second kappa shape index (κ2) is 8.20. The molecule has 2 aliphatic rings. The number of ether oxygens (including phenoxy) is 1. The molecule has 1 atom stereocenters. The summed E-state index contributed by atoms with van der Waals surface area (Å²) in [7, 11) is 1.38. The van der Waals surface area contributed by atoms with Crippen molar-refractivity contribution < 1.29 is 27.8 Å². The van der Waals surface area contributed by atoms with Crippen molar-refractivity contribution in [3.8, 4) is 17.6 Å². The summed E-state index contributed by atoms with van der Waals surface area (Å²) in [6.07, 6.45) is -3.40. The fraction of sp³-hybridized carbons (Fsp3) is 0.250. The predicted octanol–water partition coefficient (Wildman–Crippen LogP) is 4.72. The van der Waals surface area contributed by atoms with Crippen LogP contribution < -0.4 is 15.4 Å². The van der Waals surface area contributed by atoms with Crippen LogP contribution in [0.2, 0.25) is 0 Å². The molecular weight excluding hydrogens is 435 g/mol. The van der Waals surface area contributed by atoms with E-state index in [1.165, 1.54) is 36.3 Å². The highest BCUT2D eigenvalue weighted by Gasteiger charge is 2.41. The number of aromatic hydroxyl groups is 1. The summed E-state index contributed by atoms with van der Waals surface area (Å²) < 4.78 is 45.2. The SMILES string of the molecule is COc1cc(C2C(C#N)=C(N)N(c3cccc(C(F)(F)F)c3)C3=C2C(=O)CCC3)ccc1O. The fourth-order valence-electron chi connectivity index (χ4n) is 4.41. The second-order valence-corrected chi connectivity index (χ2v) is 7.80. The number of phenolic OH excluding ortho intramolecular Hbond substituents is 1. The van der Waals surface area contributed by atoms with Crippen LogP contribution in [0.3, 0.4) is 0 Å². The number of ketones is 1. The van der Waals surface area contributed by atoms with Crippen LogP contribution in [-0.2, 0) is 11.0 Å². The van der Waals surface area contributed by atoms with Gasteiger partial charge in [0.25, 0.3) is 0 Å². The molecule has 0 bridgehead atoms. The Kier molecular flexibility index (Phi) is 5.54. The van der Waals surface area contributed by atoms with E-state index in [4.69, 9.17) is 10.5 Å². The molecule has 33 heavy (non-hydrogen) atoms. The first-order valence-electron chi connectivity index (χ1n) is 10.2. The molecule has 1 aliphatic carbocycles. The molecule has 4 rings (SSSR count). The number of hydrogen-bond donors (Lipinski definition) is 2. The summed E-state index contributed by atoms with van der Waals surface area (Å²) >= 11 is 0. The van der Waals surface area contributed by atoms with Crippen LogP contribution >= 0.6 is 0 Å². The highest BCUT2D eigenvalue weighted by molar-refractivity contribution is 6.01. The van der Waals surface area contributed by atoms with E-state index in [-0.39, 0.29) is 40.8 Å². The molecular formula is C24H20F3N3O3. The zero-order valence-corrected chi connectivity index (χ0v) is 17.6. The van der Waals surface area contributed by atoms with Crippen molar-refractivity contribution in [3.63, 3.8) is 0 Å². The molecule has 0 saturated heterocycles. The van der Waals surface area contributed by atoms with Crippen LogP contribution in [-0.4, -0.2) is 18.0 Å². The number of benzene rings is 2. The van der Waals surface area contributed by atoms with Crippen molar-refractivity contribution in [2.24, 2.45) is 5.73 Å². The maximum Gasteiger partial charge on any atom is 0.416 e. The zero-order valence-electron chi connectivity index (χ0n) is 17.6. The van der Waals surface area contributed by atoms with Gasteiger partial charge in [-0.1, -0.05) is 12.1 Å². The molecule has 0 radical (unpaired) electrons. The van der Waals surface area contributed by atoms with Gasteiger partial charge < -0.3 is 15.6 Å². The van der Waals surface area contributed by atoms with Gasteiger partial charge in [0.05, 0.1) is 30.2 Å². The van der Waals surface area contributed by atoms with Gasteiger partial charge in [-0.3, -0.25) is 9.69 Å². The number of methoxy groups -OCH3 is 1. The molecule has 0 fully saturated rings. The molecule has 1 aliphatic heterocycles. The summed E-state index contributed by atoms with van der Waals surface area (Å²) in [6, 6.07) is 11.2. The minimum Gasteiger partial charge on any atom is -0.504 e. The van der Waals surface area contributed by atoms with Crippen molar-refractivity contribution in [1.82, 2.24) is 0 Å². The molecule has 2 aromatic rings. The fourth-order valence-corrected chi connectivity index (χ4v) is 4.41. The molecule has 0 spiro atoms. The predicted molar refractivity (Wildman–Crippen MR) is 114 cm³/mol. The Morgan fingerprint density at radius 3 is 2.64 bits per heavy atom. The van der Waals surface area contributed by atoms with Crippen LogP contribution in [0.25, 0.3) is 0 Å². The van der Waals surface area contributed by atoms with Gasteiger partial charge in [0, 0.05) is 23.4 Å². The normalized spacial score (nSPS) is 18.8. The van der Waals surface area contributed by atoms with Crippen molar-refractivity contribution in [2.75, 3.05) is 12.0 Å². The van der Waals surface area contributed by atoms with Crippen molar-refractivity contribution in [2.45, 2.75) is 31.4 Å². The lowest BCUT2D eigenvalue weighted by molar-refractivity contribution is -0.137. The maximum atomic E-state index is 13.3. The van der Waals surface area contributed by atoms with E-state index in [1.54, 1.807) is 6.07 Å².